The van der Waals surface area contributed by atoms with E-state index in [4.69, 9.17) is 9.26 Å². The van der Waals surface area contributed by atoms with E-state index in [0.717, 1.165) is 34.0 Å². The largest absolute Gasteiger partial charge is 0.497 e. The normalized spacial score (nSPS) is 12.4. The summed E-state index contributed by atoms with van der Waals surface area (Å²) in [7, 11) is 1.66. The van der Waals surface area contributed by atoms with Gasteiger partial charge in [-0.05, 0) is 18.2 Å². The van der Waals surface area contributed by atoms with Crippen LogP contribution in [0.15, 0.2) is 35.2 Å². The summed E-state index contributed by atoms with van der Waals surface area (Å²) in [5.41, 5.74) is 5.75. The third-order valence-electron chi connectivity index (χ3n) is 4.84. The van der Waals surface area contributed by atoms with Crippen LogP contribution in [-0.4, -0.2) is 37.0 Å². The van der Waals surface area contributed by atoms with Crippen molar-refractivity contribution < 1.29 is 9.26 Å². The van der Waals surface area contributed by atoms with Crippen LogP contribution in [0.25, 0.3) is 28.5 Å². The van der Waals surface area contributed by atoms with Crippen LogP contribution in [-0.2, 0) is 6.42 Å². The first-order valence-electron chi connectivity index (χ1n) is 8.77. The van der Waals surface area contributed by atoms with E-state index in [2.05, 4.69) is 29.9 Å². The van der Waals surface area contributed by atoms with Crippen molar-refractivity contribution in [3.8, 4) is 34.3 Å². The molecule has 0 unspecified atom stereocenters. The molecule has 0 saturated heterocycles. The van der Waals surface area contributed by atoms with Gasteiger partial charge in [0.1, 0.15) is 12.1 Å². The minimum Gasteiger partial charge on any atom is -0.497 e. The smallest absolute Gasteiger partial charge is 0.278 e. The standard InChI is InChI=1S/C19H18N6O2/c1-10(2)18-22-19(27-24-18)17-15-6-11-8-21-23-16(11)13-7-12(26-3)4-5-14(13)25(15)9-20-17/h4-5,7-10H,6H2,1-3H3,(H,21,23). The fraction of sp³-hybridized carbons (Fsp3) is 0.263. The van der Waals surface area contributed by atoms with E-state index in [1.54, 1.807) is 13.4 Å². The van der Waals surface area contributed by atoms with Crippen molar-refractivity contribution >= 4 is 0 Å². The number of aromatic amines is 1. The Hall–Kier alpha value is -3.42. The molecule has 0 fully saturated rings. The lowest BCUT2D eigenvalue weighted by atomic mass is 10.0. The summed E-state index contributed by atoms with van der Waals surface area (Å²) in [5.74, 6) is 2.10. The number of hydrogen-bond donors (Lipinski definition) is 1. The van der Waals surface area contributed by atoms with Gasteiger partial charge in [-0.25, -0.2) is 4.98 Å². The second-order valence-electron chi connectivity index (χ2n) is 6.85. The molecular weight excluding hydrogens is 344 g/mol. The molecule has 3 aromatic heterocycles. The number of fused-ring (bicyclic) bond motifs is 5. The molecule has 0 spiro atoms. The van der Waals surface area contributed by atoms with Gasteiger partial charge in [0, 0.05) is 23.5 Å². The number of benzene rings is 1. The Kier molecular flexibility index (Phi) is 3.40. The van der Waals surface area contributed by atoms with E-state index < -0.39 is 0 Å². The zero-order chi connectivity index (χ0) is 18.5. The molecule has 4 aromatic rings. The summed E-state index contributed by atoms with van der Waals surface area (Å²) in [4.78, 5) is 9.11. The number of aromatic nitrogens is 6. The molecule has 1 aliphatic heterocycles. The van der Waals surface area contributed by atoms with E-state index in [0.29, 0.717) is 23.8 Å². The highest BCUT2D eigenvalue weighted by Gasteiger charge is 2.27. The molecule has 0 amide bonds. The molecule has 0 aliphatic carbocycles. The van der Waals surface area contributed by atoms with Gasteiger partial charge in [0.05, 0.1) is 30.4 Å². The van der Waals surface area contributed by atoms with Gasteiger partial charge >= 0.3 is 0 Å². The van der Waals surface area contributed by atoms with E-state index in [1.807, 2.05) is 38.2 Å². The van der Waals surface area contributed by atoms with Crippen LogP contribution in [0.2, 0.25) is 0 Å². The number of nitrogens with zero attached hydrogens (tertiary/aromatic N) is 5. The maximum absolute atomic E-state index is 5.49. The molecule has 1 aliphatic rings. The summed E-state index contributed by atoms with van der Waals surface area (Å²) in [6.45, 7) is 4.06. The van der Waals surface area contributed by atoms with Gasteiger partial charge in [-0.1, -0.05) is 19.0 Å². The SMILES string of the molecule is COc1ccc2c(c1)-c1[nH]ncc1Cc1c(-c3nc(C(C)C)no3)ncn1-2. The molecule has 1 N–H and O–H groups in total. The van der Waals surface area contributed by atoms with Crippen LogP contribution >= 0.6 is 0 Å². The van der Waals surface area contributed by atoms with Gasteiger partial charge in [0.25, 0.3) is 5.89 Å². The third-order valence-corrected chi connectivity index (χ3v) is 4.84. The van der Waals surface area contributed by atoms with Gasteiger partial charge in [-0.15, -0.1) is 0 Å². The number of hydrogen-bond acceptors (Lipinski definition) is 6. The second-order valence-corrected chi connectivity index (χ2v) is 6.85. The van der Waals surface area contributed by atoms with E-state index in [-0.39, 0.29) is 5.92 Å². The van der Waals surface area contributed by atoms with Crippen LogP contribution in [0.4, 0.5) is 0 Å². The van der Waals surface area contributed by atoms with Crippen molar-refractivity contribution in [2.75, 3.05) is 7.11 Å². The predicted octanol–water partition coefficient (Wildman–Crippen LogP) is 3.35. The Bertz CT molecular complexity index is 1140. The molecule has 8 heteroatoms. The Morgan fingerprint density at radius 2 is 2.19 bits per heavy atom. The Morgan fingerprint density at radius 3 is 2.96 bits per heavy atom. The third kappa shape index (κ3) is 2.37. The predicted molar refractivity (Wildman–Crippen MR) is 97.9 cm³/mol. The quantitative estimate of drug-likeness (QED) is 0.529. The molecule has 0 saturated carbocycles. The number of rotatable bonds is 3. The summed E-state index contributed by atoms with van der Waals surface area (Å²) in [6, 6.07) is 5.96. The van der Waals surface area contributed by atoms with Gasteiger partial charge < -0.3 is 13.8 Å². The van der Waals surface area contributed by atoms with Crippen LogP contribution in [0.1, 0.15) is 36.8 Å². The number of nitrogens with one attached hydrogen (secondary N) is 1. The zero-order valence-corrected chi connectivity index (χ0v) is 15.2. The lowest BCUT2D eigenvalue weighted by Crippen LogP contribution is -2.00. The van der Waals surface area contributed by atoms with E-state index in [9.17, 15) is 0 Å². The van der Waals surface area contributed by atoms with Gasteiger partial charge in [0.15, 0.2) is 11.5 Å². The highest BCUT2D eigenvalue weighted by Crippen LogP contribution is 2.38. The molecule has 0 atom stereocenters. The lowest BCUT2D eigenvalue weighted by molar-refractivity contribution is 0.415. The molecule has 4 heterocycles. The van der Waals surface area contributed by atoms with Crippen molar-refractivity contribution in [2.24, 2.45) is 0 Å². The molecular formula is C19H18N6O2. The Labute approximate surface area is 155 Å². The first-order chi connectivity index (χ1) is 13.2. The average Bonchev–Trinajstić information content (AvgIpc) is 3.39. The van der Waals surface area contributed by atoms with Crippen LogP contribution in [0.5, 0.6) is 5.75 Å². The van der Waals surface area contributed by atoms with Crippen LogP contribution < -0.4 is 4.74 Å². The fourth-order valence-corrected chi connectivity index (χ4v) is 3.41. The van der Waals surface area contributed by atoms with Crippen LogP contribution in [0.3, 0.4) is 0 Å². The molecule has 1 aromatic carbocycles. The summed E-state index contributed by atoms with van der Waals surface area (Å²) in [6.07, 6.45) is 4.30. The highest BCUT2D eigenvalue weighted by molar-refractivity contribution is 5.77. The first kappa shape index (κ1) is 15.8. The number of imidazole rings is 1. The lowest BCUT2D eigenvalue weighted by Gasteiger charge is -2.11. The van der Waals surface area contributed by atoms with Crippen molar-refractivity contribution in [1.29, 1.82) is 0 Å². The maximum Gasteiger partial charge on any atom is 0.278 e. The minimum absolute atomic E-state index is 0.192. The molecule has 8 nitrogen and oxygen atoms in total. The van der Waals surface area contributed by atoms with E-state index in [1.165, 1.54) is 0 Å². The number of H-pyrrole nitrogens is 1. The zero-order valence-electron chi connectivity index (χ0n) is 15.2. The van der Waals surface area contributed by atoms with Crippen LogP contribution in [0, 0.1) is 0 Å². The minimum atomic E-state index is 0.192. The first-order valence-corrected chi connectivity index (χ1v) is 8.77. The average molecular weight is 362 g/mol. The highest BCUT2D eigenvalue weighted by atomic mass is 16.5. The van der Waals surface area contributed by atoms with Gasteiger partial charge in [-0.2, -0.15) is 10.1 Å². The fourth-order valence-electron chi connectivity index (χ4n) is 3.41. The van der Waals surface area contributed by atoms with Gasteiger partial charge in [-0.3, -0.25) is 5.10 Å². The Balaban J connectivity index is 1.73. The van der Waals surface area contributed by atoms with Crippen molar-refractivity contribution in [3.63, 3.8) is 0 Å². The Morgan fingerprint density at radius 1 is 1.30 bits per heavy atom. The monoisotopic (exact) mass is 362 g/mol. The summed E-state index contributed by atoms with van der Waals surface area (Å²) in [5, 5.41) is 11.4. The second kappa shape index (κ2) is 5.80. The maximum atomic E-state index is 5.49. The van der Waals surface area contributed by atoms with Crippen molar-refractivity contribution in [3.05, 3.63) is 47.8 Å². The molecule has 136 valence electrons. The summed E-state index contributed by atoms with van der Waals surface area (Å²) >= 11 is 0. The van der Waals surface area contributed by atoms with Crippen molar-refractivity contribution in [2.45, 2.75) is 26.2 Å². The molecule has 0 bridgehead atoms. The number of methoxy groups -OCH3 is 1. The van der Waals surface area contributed by atoms with Gasteiger partial charge in [0.2, 0.25) is 0 Å². The number of ether oxygens (including phenoxy) is 1. The van der Waals surface area contributed by atoms with Crippen molar-refractivity contribution in [1.82, 2.24) is 29.9 Å². The molecule has 27 heavy (non-hydrogen) atoms. The topological polar surface area (TPSA) is 94.7 Å². The summed E-state index contributed by atoms with van der Waals surface area (Å²) < 4.78 is 13.0. The van der Waals surface area contributed by atoms with E-state index >= 15 is 0 Å². The molecule has 5 rings (SSSR count). The molecule has 0 radical (unpaired) electrons.